The van der Waals surface area contributed by atoms with E-state index in [9.17, 15) is 4.79 Å². The molecule has 1 aliphatic heterocycles. The van der Waals surface area contributed by atoms with Crippen LogP contribution in [-0.2, 0) is 4.79 Å². The molecule has 1 heterocycles. The van der Waals surface area contributed by atoms with Crippen LogP contribution in [0.25, 0.3) is 0 Å². The predicted octanol–water partition coefficient (Wildman–Crippen LogP) is 1.38. The minimum absolute atomic E-state index is 0.0805. The van der Waals surface area contributed by atoms with Crippen molar-refractivity contribution in [2.24, 2.45) is 5.73 Å². The van der Waals surface area contributed by atoms with E-state index in [0.717, 1.165) is 5.69 Å². The maximum absolute atomic E-state index is 12.5. The van der Waals surface area contributed by atoms with Gasteiger partial charge in [-0.2, -0.15) is 0 Å². The molecule has 1 unspecified atom stereocenters. The Kier molecular flexibility index (Phi) is 3.65. The van der Waals surface area contributed by atoms with Crippen molar-refractivity contribution < 1.29 is 4.79 Å². The quantitative estimate of drug-likeness (QED) is 0.875. The van der Waals surface area contributed by atoms with E-state index in [1.807, 2.05) is 43.1 Å². The first-order valence-corrected chi connectivity index (χ1v) is 6.68. The molecule has 19 heavy (non-hydrogen) atoms. The predicted molar refractivity (Wildman–Crippen MR) is 78.2 cm³/mol. The molecular formula is C15H23N3O. The number of nitrogens with two attached hydrogens (primary N) is 1. The molecule has 1 aliphatic rings. The molecule has 0 saturated carbocycles. The van der Waals surface area contributed by atoms with Crippen molar-refractivity contribution in [2.45, 2.75) is 32.4 Å². The molecule has 0 spiro atoms. The van der Waals surface area contributed by atoms with Crippen molar-refractivity contribution in [3.63, 3.8) is 0 Å². The number of anilines is 1. The van der Waals surface area contributed by atoms with Crippen molar-refractivity contribution in [3.05, 3.63) is 29.8 Å². The van der Waals surface area contributed by atoms with Gasteiger partial charge in [0, 0.05) is 24.3 Å². The minimum Gasteiger partial charge on any atom is -0.328 e. The van der Waals surface area contributed by atoms with Gasteiger partial charge in [0.2, 0.25) is 5.91 Å². The number of rotatable bonds is 2. The third-order valence-corrected chi connectivity index (χ3v) is 4.09. The maximum Gasteiger partial charge on any atom is 0.245 e. The standard InChI is InChI=1S/C15H23N3O/c1-11-5-7-12(8-6-11)18-10-15(2,3)17(4)13(9-16)14(18)19/h5-8,13H,9-10,16H2,1-4H3. The molecule has 1 aromatic carbocycles. The third kappa shape index (κ3) is 2.51. The number of aryl methyl sites for hydroxylation is 1. The maximum atomic E-state index is 12.5. The van der Waals surface area contributed by atoms with Crippen molar-refractivity contribution in [2.75, 3.05) is 25.0 Å². The highest BCUT2D eigenvalue weighted by molar-refractivity contribution is 5.98. The van der Waals surface area contributed by atoms with Crippen LogP contribution in [0, 0.1) is 6.92 Å². The van der Waals surface area contributed by atoms with E-state index in [0.29, 0.717) is 13.1 Å². The van der Waals surface area contributed by atoms with Crippen LogP contribution >= 0.6 is 0 Å². The summed E-state index contributed by atoms with van der Waals surface area (Å²) in [5.74, 6) is 0.0909. The van der Waals surface area contributed by atoms with Crippen LogP contribution in [0.4, 0.5) is 5.69 Å². The molecule has 0 radical (unpaired) electrons. The van der Waals surface area contributed by atoms with Crippen LogP contribution in [0.3, 0.4) is 0 Å². The number of carbonyl (C=O) groups excluding carboxylic acids is 1. The number of likely N-dealkylation sites (N-methyl/N-ethyl adjacent to an activating group) is 1. The summed E-state index contributed by atoms with van der Waals surface area (Å²) in [4.78, 5) is 16.5. The first-order valence-electron chi connectivity index (χ1n) is 6.68. The Morgan fingerprint density at radius 2 is 1.89 bits per heavy atom. The monoisotopic (exact) mass is 261 g/mol. The lowest BCUT2D eigenvalue weighted by Gasteiger charge is -2.49. The number of piperazine rings is 1. The van der Waals surface area contributed by atoms with E-state index in [1.54, 1.807) is 0 Å². The van der Waals surface area contributed by atoms with Crippen LogP contribution in [0.2, 0.25) is 0 Å². The second kappa shape index (κ2) is 4.94. The molecule has 2 N–H and O–H groups in total. The zero-order chi connectivity index (χ0) is 14.2. The number of nitrogens with zero attached hydrogens (tertiary/aromatic N) is 2. The molecule has 2 rings (SSSR count). The Morgan fingerprint density at radius 1 is 1.32 bits per heavy atom. The highest BCUT2D eigenvalue weighted by Crippen LogP contribution is 2.28. The van der Waals surface area contributed by atoms with Gasteiger partial charge >= 0.3 is 0 Å². The van der Waals surface area contributed by atoms with E-state index in [-0.39, 0.29) is 17.5 Å². The Morgan fingerprint density at radius 3 is 2.42 bits per heavy atom. The van der Waals surface area contributed by atoms with Crippen molar-refractivity contribution >= 4 is 11.6 Å². The van der Waals surface area contributed by atoms with E-state index in [2.05, 4.69) is 18.7 Å². The van der Waals surface area contributed by atoms with Crippen molar-refractivity contribution in [1.82, 2.24) is 4.90 Å². The number of hydrogen-bond donors (Lipinski definition) is 1. The molecule has 1 aromatic rings. The molecule has 0 bridgehead atoms. The number of amides is 1. The van der Waals surface area contributed by atoms with Crippen LogP contribution in [0.15, 0.2) is 24.3 Å². The lowest BCUT2D eigenvalue weighted by molar-refractivity contribution is -0.128. The molecule has 1 fully saturated rings. The summed E-state index contributed by atoms with van der Waals surface area (Å²) in [6, 6.07) is 7.83. The van der Waals surface area contributed by atoms with E-state index in [4.69, 9.17) is 5.73 Å². The second-order valence-electron chi connectivity index (χ2n) is 5.93. The van der Waals surface area contributed by atoms with Gasteiger partial charge in [0.15, 0.2) is 0 Å². The van der Waals surface area contributed by atoms with Crippen molar-refractivity contribution in [3.8, 4) is 0 Å². The zero-order valence-corrected chi connectivity index (χ0v) is 12.2. The number of hydrogen-bond acceptors (Lipinski definition) is 3. The Bertz CT molecular complexity index is 467. The molecule has 0 aromatic heterocycles. The van der Waals surface area contributed by atoms with Gasteiger partial charge in [-0.1, -0.05) is 17.7 Å². The molecule has 4 heteroatoms. The summed E-state index contributed by atoms with van der Waals surface area (Å²) in [6.07, 6.45) is 0. The fourth-order valence-electron chi connectivity index (χ4n) is 2.55. The number of carbonyl (C=O) groups is 1. The fraction of sp³-hybridized carbons (Fsp3) is 0.533. The summed E-state index contributed by atoms with van der Waals surface area (Å²) in [6.45, 7) is 7.36. The van der Waals surface area contributed by atoms with Gasteiger partial charge in [0.05, 0.1) is 0 Å². The first kappa shape index (κ1) is 14.0. The first-order chi connectivity index (χ1) is 8.86. The molecule has 0 aliphatic carbocycles. The van der Waals surface area contributed by atoms with Gasteiger partial charge in [0.25, 0.3) is 0 Å². The minimum atomic E-state index is -0.245. The summed E-state index contributed by atoms with van der Waals surface area (Å²) in [7, 11) is 1.97. The van der Waals surface area contributed by atoms with Gasteiger partial charge in [0.1, 0.15) is 6.04 Å². The van der Waals surface area contributed by atoms with Gasteiger partial charge in [-0.15, -0.1) is 0 Å². The van der Waals surface area contributed by atoms with E-state index in [1.165, 1.54) is 5.56 Å². The second-order valence-corrected chi connectivity index (χ2v) is 5.93. The van der Waals surface area contributed by atoms with Gasteiger partial charge in [-0.05, 0) is 40.0 Å². The summed E-state index contributed by atoms with van der Waals surface area (Å²) >= 11 is 0. The van der Waals surface area contributed by atoms with Gasteiger partial charge in [-0.25, -0.2) is 0 Å². The summed E-state index contributed by atoms with van der Waals surface area (Å²) in [5.41, 5.74) is 7.85. The average molecular weight is 261 g/mol. The largest absolute Gasteiger partial charge is 0.328 e. The van der Waals surface area contributed by atoms with Crippen LogP contribution in [0.1, 0.15) is 19.4 Å². The zero-order valence-electron chi connectivity index (χ0n) is 12.2. The highest BCUT2D eigenvalue weighted by Gasteiger charge is 2.42. The van der Waals surface area contributed by atoms with E-state index >= 15 is 0 Å². The third-order valence-electron chi connectivity index (χ3n) is 4.09. The van der Waals surface area contributed by atoms with Gasteiger partial charge < -0.3 is 10.6 Å². The lowest BCUT2D eigenvalue weighted by atomic mass is 9.94. The topological polar surface area (TPSA) is 49.6 Å². The Labute approximate surface area is 115 Å². The average Bonchev–Trinajstić information content (AvgIpc) is 2.36. The SMILES string of the molecule is Cc1ccc(N2CC(C)(C)N(C)C(CN)C2=O)cc1. The summed E-state index contributed by atoms with van der Waals surface area (Å²) < 4.78 is 0. The normalized spacial score (nSPS) is 23.7. The van der Waals surface area contributed by atoms with Crippen molar-refractivity contribution in [1.29, 1.82) is 0 Å². The molecule has 4 nitrogen and oxygen atoms in total. The van der Waals surface area contributed by atoms with Crippen LogP contribution in [0.5, 0.6) is 0 Å². The van der Waals surface area contributed by atoms with Crippen LogP contribution < -0.4 is 10.6 Å². The molecule has 104 valence electrons. The number of benzene rings is 1. The fourth-order valence-corrected chi connectivity index (χ4v) is 2.55. The lowest BCUT2D eigenvalue weighted by Crippen LogP contribution is -2.67. The van der Waals surface area contributed by atoms with Crippen LogP contribution in [-0.4, -0.2) is 42.5 Å². The smallest absolute Gasteiger partial charge is 0.245 e. The molecule has 1 atom stereocenters. The highest BCUT2D eigenvalue weighted by atomic mass is 16.2. The van der Waals surface area contributed by atoms with Gasteiger partial charge in [-0.3, -0.25) is 9.69 Å². The molecule has 1 saturated heterocycles. The molecule has 1 amide bonds. The van der Waals surface area contributed by atoms with E-state index < -0.39 is 0 Å². The Hall–Kier alpha value is -1.39. The molecular weight excluding hydrogens is 238 g/mol. The Balaban J connectivity index is 2.35. The summed E-state index contributed by atoms with van der Waals surface area (Å²) in [5, 5.41) is 0.